The highest BCUT2D eigenvalue weighted by atomic mass is 16.5. The molecule has 3 amide bonds. The molecule has 134 valence electrons. The van der Waals surface area contributed by atoms with Crippen LogP contribution in [0.4, 0.5) is 10.5 Å². The van der Waals surface area contributed by atoms with Gasteiger partial charge in [-0.25, -0.2) is 4.79 Å². The summed E-state index contributed by atoms with van der Waals surface area (Å²) < 4.78 is 5.42. The summed E-state index contributed by atoms with van der Waals surface area (Å²) in [4.78, 5) is 28.1. The molecule has 1 aliphatic carbocycles. The molecule has 1 atom stereocenters. The number of benzene rings is 1. The highest BCUT2D eigenvalue weighted by Gasteiger charge is 2.56. The van der Waals surface area contributed by atoms with Gasteiger partial charge < -0.3 is 15.4 Å². The number of carbonyl (C=O) groups is 2. The number of ether oxygens (including phenoxy) is 1. The number of hydrogen-bond donors (Lipinski definition) is 1. The molecule has 1 aromatic rings. The Kier molecular flexibility index (Phi) is 3.76. The van der Waals surface area contributed by atoms with Crippen molar-refractivity contribution >= 4 is 17.6 Å². The van der Waals surface area contributed by atoms with Crippen molar-refractivity contribution in [3.05, 3.63) is 29.8 Å². The fourth-order valence-electron chi connectivity index (χ4n) is 4.72. The maximum atomic E-state index is 12.8. The van der Waals surface area contributed by atoms with Crippen LogP contribution >= 0.6 is 0 Å². The standard InChI is InChI=1S/C19H25N3O3/c1-25-13-18(8-2-9-18)14-4-6-15(7-5-14)21-12-19(16(20)23)10-3-11-22(19)17(21)24/h4-7H,2-3,8-13H2,1H3,(H2,20,23)/t19-/m1/s1. The molecule has 1 saturated carbocycles. The zero-order valence-electron chi connectivity index (χ0n) is 14.7. The van der Waals surface area contributed by atoms with Gasteiger partial charge in [0.25, 0.3) is 0 Å². The third kappa shape index (κ3) is 2.27. The SMILES string of the molecule is COCC1(c2ccc(N3C[C@@]4(C(N)=O)CCCN4C3=O)cc2)CCC1. The van der Waals surface area contributed by atoms with Gasteiger partial charge in [0, 0.05) is 24.8 Å². The van der Waals surface area contributed by atoms with E-state index in [9.17, 15) is 9.59 Å². The number of carbonyl (C=O) groups excluding carboxylic acids is 2. The van der Waals surface area contributed by atoms with Crippen LogP contribution in [0.3, 0.4) is 0 Å². The molecule has 2 heterocycles. The average Bonchev–Trinajstić information content (AvgIpc) is 3.11. The molecule has 2 aliphatic heterocycles. The number of methoxy groups -OCH3 is 1. The van der Waals surface area contributed by atoms with Crippen molar-refractivity contribution in [2.24, 2.45) is 5.73 Å². The van der Waals surface area contributed by atoms with Crippen LogP contribution in [0, 0.1) is 0 Å². The molecule has 6 heteroatoms. The van der Waals surface area contributed by atoms with Crippen molar-refractivity contribution in [1.82, 2.24) is 4.90 Å². The summed E-state index contributed by atoms with van der Waals surface area (Å²) in [6.07, 6.45) is 5.00. The normalized spacial score (nSPS) is 27.3. The van der Waals surface area contributed by atoms with Crippen LogP contribution in [0.15, 0.2) is 24.3 Å². The number of urea groups is 1. The smallest absolute Gasteiger partial charge is 0.325 e. The topological polar surface area (TPSA) is 75.9 Å². The Labute approximate surface area is 147 Å². The Morgan fingerprint density at radius 2 is 1.92 bits per heavy atom. The monoisotopic (exact) mass is 343 g/mol. The molecule has 1 aromatic carbocycles. The first kappa shape index (κ1) is 16.4. The van der Waals surface area contributed by atoms with Gasteiger partial charge in [-0.2, -0.15) is 0 Å². The van der Waals surface area contributed by atoms with Crippen LogP contribution in [-0.2, 0) is 14.9 Å². The molecule has 25 heavy (non-hydrogen) atoms. The fraction of sp³-hybridized carbons (Fsp3) is 0.579. The molecular formula is C19H25N3O3. The van der Waals surface area contributed by atoms with Crippen LogP contribution in [0.2, 0.25) is 0 Å². The van der Waals surface area contributed by atoms with E-state index in [-0.39, 0.29) is 11.4 Å². The summed E-state index contributed by atoms with van der Waals surface area (Å²) in [6.45, 7) is 1.69. The Morgan fingerprint density at radius 3 is 2.44 bits per heavy atom. The minimum atomic E-state index is -0.832. The number of nitrogens with zero attached hydrogens (tertiary/aromatic N) is 2. The van der Waals surface area contributed by atoms with Crippen LogP contribution in [-0.4, -0.2) is 49.2 Å². The van der Waals surface area contributed by atoms with Gasteiger partial charge in [-0.15, -0.1) is 0 Å². The Balaban J connectivity index is 1.59. The lowest BCUT2D eigenvalue weighted by Gasteiger charge is -2.42. The largest absolute Gasteiger partial charge is 0.384 e. The number of nitrogens with two attached hydrogens (primary N) is 1. The van der Waals surface area contributed by atoms with Crippen molar-refractivity contribution in [3.8, 4) is 0 Å². The molecule has 3 aliphatic rings. The summed E-state index contributed by atoms with van der Waals surface area (Å²) in [5.74, 6) is -0.397. The van der Waals surface area contributed by atoms with Gasteiger partial charge in [-0.05, 0) is 43.4 Å². The highest BCUT2D eigenvalue weighted by Crippen LogP contribution is 2.45. The number of anilines is 1. The average molecular weight is 343 g/mol. The number of primary amides is 1. The predicted octanol–water partition coefficient (Wildman–Crippen LogP) is 2.01. The molecule has 6 nitrogen and oxygen atoms in total. The molecule has 0 bridgehead atoms. The van der Waals surface area contributed by atoms with E-state index in [1.54, 1.807) is 16.9 Å². The van der Waals surface area contributed by atoms with Gasteiger partial charge >= 0.3 is 6.03 Å². The van der Waals surface area contributed by atoms with E-state index in [4.69, 9.17) is 10.5 Å². The van der Waals surface area contributed by atoms with Crippen molar-refractivity contribution in [3.63, 3.8) is 0 Å². The number of rotatable bonds is 5. The molecule has 0 unspecified atom stereocenters. The quantitative estimate of drug-likeness (QED) is 0.888. The first-order chi connectivity index (χ1) is 12.0. The van der Waals surface area contributed by atoms with Crippen LogP contribution in [0.25, 0.3) is 0 Å². The van der Waals surface area contributed by atoms with E-state index in [1.165, 1.54) is 12.0 Å². The maximum absolute atomic E-state index is 12.8. The lowest BCUT2D eigenvalue weighted by atomic mass is 9.65. The third-order valence-electron chi connectivity index (χ3n) is 6.35. The summed E-state index contributed by atoms with van der Waals surface area (Å²) >= 11 is 0. The summed E-state index contributed by atoms with van der Waals surface area (Å²) in [5.41, 5.74) is 7.03. The molecule has 0 radical (unpaired) electrons. The summed E-state index contributed by atoms with van der Waals surface area (Å²) in [7, 11) is 1.74. The lowest BCUT2D eigenvalue weighted by molar-refractivity contribution is -0.125. The zero-order chi connectivity index (χ0) is 17.7. The predicted molar refractivity (Wildman–Crippen MR) is 94.5 cm³/mol. The number of amides is 3. The minimum absolute atomic E-state index is 0.112. The van der Waals surface area contributed by atoms with Gasteiger partial charge in [0.1, 0.15) is 5.54 Å². The summed E-state index contributed by atoms with van der Waals surface area (Å²) in [5, 5.41) is 0. The Hall–Kier alpha value is -2.08. The number of fused-ring (bicyclic) bond motifs is 1. The first-order valence-corrected chi connectivity index (χ1v) is 9.01. The van der Waals surface area contributed by atoms with E-state index in [2.05, 4.69) is 12.1 Å². The Morgan fingerprint density at radius 1 is 1.20 bits per heavy atom. The molecule has 2 N–H and O–H groups in total. The van der Waals surface area contributed by atoms with E-state index in [1.807, 2.05) is 12.1 Å². The van der Waals surface area contributed by atoms with Crippen molar-refractivity contribution < 1.29 is 14.3 Å². The van der Waals surface area contributed by atoms with Gasteiger partial charge in [0.2, 0.25) is 5.91 Å². The second-order valence-corrected chi connectivity index (χ2v) is 7.63. The first-order valence-electron chi connectivity index (χ1n) is 9.01. The zero-order valence-corrected chi connectivity index (χ0v) is 14.7. The third-order valence-corrected chi connectivity index (χ3v) is 6.35. The second-order valence-electron chi connectivity index (χ2n) is 7.63. The Bertz CT molecular complexity index is 698. The lowest BCUT2D eigenvalue weighted by Crippen LogP contribution is -2.52. The van der Waals surface area contributed by atoms with E-state index >= 15 is 0 Å². The maximum Gasteiger partial charge on any atom is 0.325 e. The second kappa shape index (κ2) is 5.73. The fourth-order valence-corrected chi connectivity index (χ4v) is 4.72. The minimum Gasteiger partial charge on any atom is -0.384 e. The van der Waals surface area contributed by atoms with Gasteiger partial charge in [-0.1, -0.05) is 18.6 Å². The van der Waals surface area contributed by atoms with E-state index in [0.717, 1.165) is 31.6 Å². The molecular weight excluding hydrogens is 318 g/mol. The van der Waals surface area contributed by atoms with E-state index in [0.29, 0.717) is 19.5 Å². The van der Waals surface area contributed by atoms with Gasteiger partial charge in [0.15, 0.2) is 0 Å². The summed E-state index contributed by atoms with van der Waals surface area (Å²) in [6, 6.07) is 8.06. The number of hydrogen-bond acceptors (Lipinski definition) is 3. The van der Waals surface area contributed by atoms with Crippen LogP contribution in [0.5, 0.6) is 0 Å². The molecule has 0 aromatic heterocycles. The van der Waals surface area contributed by atoms with Crippen LogP contribution < -0.4 is 10.6 Å². The van der Waals surface area contributed by atoms with Gasteiger partial charge in [0.05, 0.1) is 13.2 Å². The van der Waals surface area contributed by atoms with Crippen molar-refractivity contribution in [2.75, 3.05) is 31.7 Å². The molecule has 3 fully saturated rings. The highest BCUT2D eigenvalue weighted by molar-refractivity contribution is 6.02. The van der Waals surface area contributed by atoms with Crippen LogP contribution in [0.1, 0.15) is 37.7 Å². The molecule has 0 spiro atoms. The molecule has 2 saturated heterocycles. The van der Waals surface area contributed by atoms with Crippen molar-refractivity contribution in [2.45, 2.75) is 43.1 Å². The van der Waals surface area contributed by atoms with Crippen molar-refractivity contribution in [1.29, 1.82) is 0 Å². The van der Waals surface area contributed by atoms with Gasteiger partial charge in [-0.3, -0.25) is 9.69 Å². The molecule has 4 rings (SSSR count). The van der Waals surface area contributed by atoms with E-state index < -0.39 is 11.4 Å².